The first-order chi connectivity index (χ1) is 9.30. The molecular formula is C13H18INO4S. The summed E-state index contributed by atoms with van der Waals surface area (Å²) < 4.78 is 26.5. The Bertz CT molecular complexity index is 586. The van der Waals surface area contributed by atoms with E-state index in [4.69, 9.17) is 5.11 Å². The van der Waals surface area contributed by atoms with Gasteiger partial charge in [0.15, 0.2) is 0 Å². The molecular weight excluding hydrogens is 393 g/mol. The number of sulfonamides is 1. The van der Waals surface area contributed by atoms with Gasteiger partial charge < -0.3 is 5.11 Å². The van der Waals surface area contributed by atoms with Crippen LogP contribution >= 0.6 is 22.6 Å². The molecule has 0 aliphatic carbocycles. The zero-order chi connectivity index (χ0) is 15.3. The van der Waals surface area contributed by atoms with Crippen molar-refractivity contribution in [3.63, 3.8) is 0 Å². The molecule has 0 saturated heterocycles. The van der Waals surface area contributed by atoms with E-state index in [2.05, 4.69) is 0 Å². The van der Waals surface area contributed by atoms with Crippen LogP contribution in [0.4, 0.5) is 0 Å². The highest BCUT2D eigenvalue weighted by Gasteiger charge is 2.22. The molecule has 0 fully saturated rings. The van der Waals surface area contributed by atoms with Crippen molar-refractivity contribution in [1.82, 2.24) is 4.31 Å². The first-order valence-corrected chi connectivity index (χ1v) is 8.81. The summed E-state index contributed by atoms with van der Waals surface area (Å²) >= 11 is 1.88. The number of carboxylic acids is 1. The van der Waals surface area contributed by atoms with Gasteiger partial charge in [-0.15, -0.1) is 0 Å². The largest absolute Gasteiger partial charge is 0.478 e. The van der Waals surface area contributed by atoms with E-state index < -0.39 is 16.0 Å². The Morgan fingerprint density at radius 1 is 1.35 bits per heavy atom. The maximum absolute atomic E-state index is 12.3. The van der Waals surface area contributed by atoms with E-state index >= 15 is 0 Å². The fourth-order valence-corrected chi connectivity index (χ4v) is 3.52. The lowest BCUT2D eigenvalue weighted by molar-refractivity contribution is 0.0695. The smallest absolute Gasteiger partial charge is 0.336 e. The third-order valence-electron chi connectivity index (χ3n) is 2.95. The number of hydrogen-bond donors (Lipinski definition) is 1. The van der Waals surface area contributed by atoms with Gasteiger partial charge in [-0.2, -0.15) is 0 Å². The highest BCUT2D eigenvalue weighted by atomic mass is 127. The van der Waals surface area contributed by atoms with Gasteiger partial charge in [0, 0.05) is 17.2 Å². The van der Waals surface area contributed by atoms with E-state index in [-0.39, 0.29) is 10.5 Å². The van der Waals surface area contributed by atoms with E-state index in [0.29, 0.717) is 10.1 Å². The molecule has 1 rings (SSSR count). The minimum atomic E-state index is -3.63. The molecule has 0 aliphatic heterocycles. The van der Waals surface area contributed by atoms with Gasteiger partial charge in [-0.3, -0.25) is 0 Å². The van der Waals surface area contributed by atoms with Crippen molar-refractivity contribution in [2.45, 2.75) is 31.1 Å². The third kappa shape index (κ3) is 4.16. The normalized spacial score (nSPS) is 11.8. The summed E-state index contributed by atoms with van der Waals surface area (Å²) in [5.74, 6) is -1.12. The Morgan fingerprint density at radius 3 is 2.55 bits per heavy atom. The first kappa shape index (κ1) is 17.4. The Kier molecular flexibility index (Phi) is 6.41. The molecule has 20 heavy (non-hydrogen) atoms. The Labute approximate surface area is 133 Å². The maximum atomic E-state index is 12.3. The number of benzene rings is 1. The molecule has 1 aromatic rings. The quantitative estimate of drug-likeness (QED) is 0.553. The molecule has 0 aromatic heterocycles. The highest BCUT2D eigenvalue weighted by molar-refractivity contribution is 14.1. The van der Waals surface area contributed by atoms with Crippen molar-refractivity contribution in [1.29, 1.82) is 0 Å². The molecule has 7 heteroatoms. The summed E-state index contributed by atoms with van der Waals surface area (Å²) in [6.45, 7) is 2.48. The Hall–Kier alpha value is -0.670. The number of carbonyl (C=O) groups is 1. The van der Waals surface area contributed by atoms with Gasteiger partial charge in [-0.05, 0) is 47.2 Å². The maximum Gasteiger partial charge on any atom is 0.336 e. The van der Waals surface area contributed by atoms with Crippen LogP contribution in [0.1, 0.15) is 36.5 Å². The molecule has 0 heterocycles. The fraction of sp³-hybridized carbons (Fsp3) is 0.462. The lowest BCUT2D eigenvalue weighted by atomic mass is 10.2. The number of aromatic carboxylic acids is 1. The van der Waals surface area contributed by atoms with Crippen LogP contribution in [0.5, 0.6) is 0 Å². The molecule has 0 spiro atoms. The monoisotopic (exact) mass is 411 g/mol. The Morgan fingerprint density at radius 2 is 2.00 bits per heavy atom. The predicted molar refractivity (Wildman–Crippen MR) is 85.5 cm³/mol. The van der Waals surface area contributed by atoms with Crippen LogP contribution < -0.4 is 0 Å². The summed E-state index contributed by atoms with van der Waals surface area (Å²) in [5.41, 5.74) is 0.00799. The number of unbranched alkanes of at least 4 members (excludes halogenated alkanes) is 2. The molecule has 5 nitrogen and oxygen atoms in total. The predicted octanol–water partition coefficient (Wildman–Crippen LogP) is 2.80. The van der Waals surface area contributed by atoms with Crippen LogP contribution in [0.2, 0.25) is 0 Å². The molecule has 0 aliphatic rings. The van der Waals surface area contributed by atoms with E-state index in [0.717, 1.165) is 19.3 Å². The van der Waals surface area contributed by atoms with Crippen molar-refractivity contribution < 1.29 is 18.3 Å². The van der Waals surface area contributed by atoms with E-state index in [9.17, 15) is 13.2 Å². The molecule has 0 bridgehead atoms. The van der Waals surface area contributed by atoms with Crippen LogP contribution in [0.25, 0.3) is 0 Å². The average molecular weight is 411 g/mol. The van der Waals surface area contributed by atoms with Gasteiger partial charge in [0.2, 0.25) is 10.0 Å². The van der Waals surface area contributed by atoms with Gasteiger partial charge in [-0.25, -0.2) is 17.5 Å². The number of halogens is 1. The van der Waals surface area contributed by atoms with Crippen molar-refractivity contribution in [2.75, 3.05) is 13.6 Å². The number of carboxylic acid groups (broad SMARTS) is 1. The van der Waals surface area contributed by atoms with Crippen molar-refractivity contribution in [3.8, 4) is 0 Å². The molecule has 1 aromatic carbocycles. The van der Waals surface area contributed by atoms with Crippen LogP contribution in [-0.4, -0.2) is 37.4 Å². The summed E-state index contributed by atoms with van der Waals surface area (Å²) in [6, 6.07) is 4.17. The summed E-state index contributed by atoms with van der Waals surface area (Å²) in [6.07, 6.45) is 2.77. The van der Waals surface area contributed by atoms with E-state index in [1.165, 1.54) is 29.6 Å². The fourth-order valence-electron chi connectivity index (χ4n) is 1.71. The Balaban J connectivity index is 3.03. The van der Waals surface area contributed by atoms with Crippen LogP contribution in [0.3, 0.4) is 0 Å². The van der Waals surface area contributed by atoms with Crippen LogP contribution in [0, 0.1) is 3.57 Å². The third-order valence-corrected chi connectivity index (χ3v) is 5.75. The zero-order valence-electron chi connectivity index (χ0n) is 11.5. The van der Waals surface area contributed by atoms with Gasteiger partial charge in [-0.1, -0.05) is 19.8 Å². The molecule has 0 atom stereocenters. The van der Waals surface area contributed by atoms with Gasteiger partial charge in [0.1, 0.15) is 0 Å². The first-order valence-electron chi connectivity index (χ1n) is 6.30. The second-order valence-electron chi connectivity index (χ2n) is 4.48. The molecule has 0 saturated carbocycles. The van der Waals surface area contributed by atoms with Gasteiger partial charge >= 0.3 is 5.97 Å². The summed E-state index contributed by atoms with van der Waals surface area (Å²) in [4.78, 5) is 11.1. The average Bonchev–Trinajstić information content (AvgIpc) is 2.38. The number of nitrogens with zero attached hydrogens (tertiary/aromatic N) is 1. The van der Waals surface area contributed by atoms with Crippen LogP contribution in [0.15, 0.2) is 23.1 Å². The van der Waals surface area contributed by atoms with Crippen molar-refractivity contribution in [2.24, 2.45) is 0 Å². The summed E-state index contributed by atoms with van der Waals surface area (Å²) in [5, 5.41) is 9.05. The molecule has 112 valence electrons. The molecule has 1 N–H and O–H groups in total. The second-order valence-corrected chi connectivity index (χ2v) is 7.69. The molecule has 0 amide bonds. The zero-order valence-corrected chi connectivity index (χ0v) is 14.4. The van der Waals surface area contributed by atoms with Crippen molar-refractivity contribution >= 4 is 38.6 Å². The SMILES string of the molecule is CCCCCN(C)S(=O)(=O)c1ccc(I)c(C(=O)O)c1. The second kappa shape index (κ2) is 7.37. The highest BCUT2D eigenvalue weighted by Crippen LogP contribution is 2.20. The van der Waals surface area contributed by atoms with Crippen LogP contribution in [-0.2, 0) is 10.0 Å². The van der Waals surface area contributed by atoms with Crippen molar-refractivity contribution in [3.05, 3.63) is 27.3 Å². The summed E-state index contributed by atoms with van der Waals surface area (Å²) in [7, 11) is -2.11. The number of hydrogen-bond acceptors (Lipinski definition) is 3. The van der Waals surface area contributed by atoms with E-state index in [1.54, 1.807) is 0 Å². The lowest BCUT2D eigenvalue weighted by Crippen LogP contribution is -2.28. The topological polar surface area (TPSA) is 74.7 Å². The lowest BCUT2D eigenvalue weighted by Gasteiger charge is -2.17. The van der Waals surface area contributed by atoms with Gasteiger partial charge in [0.25, 0.3) is 0 Å². The van der Waals surface area contributed by atoms with Gasteiger partial charge in [0.05, 0.1) is 10.5 Å². The molecule has 0 radical (unpaired) electrons. The minimum Gasteiger partial charge on any atom is -0.478 e. The standard InChI is InChI=1S/C13H18INO4S/c1-3-4-5-8-15(2)20(18,19)10-6-7-12(14)11(9-10)13(16)17/h6-7,9H,3-5,8H2,1-2H3,(H,16,17). The van der Waals surface area contributed by atoms with E-state index in [1.807, 2.05) is 29.5 Å². The molecule has 0 unspecified atom stereocenters. The number of rotatable bonds is 7. The minimum absolute atomic E-state index is 0.00799.